The fraction of sp³-hybridized carbons (Fsp3) is 0.800. The molecule has 1 saturated carbocycles. The Morgan fingerprint density at radius 3 is 2.59 bits per heavy atom. The van der Waals surface area contributed by atoms with Crippen LogP contribution in [0.4, 0.5) is 13.2 Å². The van der Waals surface area contributed by atoms with Crippen LogP contribution in [0.15, 0.2) is 0 Å². The van der Waals surface area contributed by atoms with Gasteiger partial charge in [-0.15, -0.1) is 0 Å². The molecule has 3 atom stereocenters. The van der Waals surface area contributed by atoms with E-state index in [2.05, 4.69) is 9.47 Å². The largest absolute Gasteiger partial charge is 0.465 e. The molecule has 1 saturated heterocycles. The molecule has 0 aromatic heterocycles. The van der Waals surface area contributed by atoms with Crippen molar-refractivity contribution in [1.82, 2.24) is 0 Å². The smallest absolute Gasteiger partial charge is 0.396 e. The maximum atomic E-state index is 12.9. The van der Waals surface area contributed by atoms with E-state index in [0.717, 1.165) is 6.92 Å². The molecular weight excluding hydrogens is 241 g/mol. The van der Waals surface area contributed by atoms with E-state index in [1.54, 1.807) is 0 Å². The summed E-state index contributed by atoms with van der Waals surface area (Å²) >= 11 is 0. The summed E-state index contributed by atoms with van der Waals surface area (Å²) in [6.07, 6.45) is -4.64. The van der Waals surface area contributed by atoms with Crippen molar-refractivity contribution >= 4 is 11.9 Å². The minimum absolute atomic E-state index is 0.0749. The Morgan fingerprint density at radius 2 is 2.18 bits per heavy atom. The number of hydrogen-bond donors (Lipinski definition) is 0. The summed E-state index contributed by atoms with van der Waals surface area (Å²) in [6.45, 7) is 1.88. The third-order valence-electron chi connectivity index (χ3n) is 3.84. The van der Waals surface area contributed by atoms with Crippen molar-refractivity contribution in [3.8, 4) is 0 Å². The first kappa shape index (κ1) is 12.2. The normalized spacial score (nSPS) is 39.6. The molecule has 0 spiro atoms. The van der Waals surface area contributed by atoms with Crippen molar-refractivity contribution in [1.29, 1.82) is 0 Å². The number of cyclic esters (lactones) is 1. The van der Waals surface area contributed by atoms with E-state index in [1.807, 2.05) is 0 Å². The molecule has 4 nitrogen and oxygen atoms in total. The Morgan fingerprint density at radius 1 is 1.59 bits per heavy atom. The summed E-state index contributed by atoms with van der Waals surface area (Å²) < 4.78 is 48.0. The molecule has 1 aliphatic carbocycles. The molecule has 1 aliphatic heterocycles. The number of halogens is 3. The molecule has 1 heterocycles. The van der Waals surface area contributed by atoms with Crippen molar-refractivity contribution in [2.45, 2.75) is 20.0 Å². The molecule has 0 radical (unpaired) electrons. The van der Waals surface area contributed by atoms with E-state index in [0.29, 0.717) is 0 Å². The van der Waals surface area contributed by atoms with Gasteiger partial charge in [0.2, 0.25) is 0 Å². The van der Waals surface area contributed by atoms with Crippen molar-refractivity contribution in [2.75, 3.05) is 13.2 Å². The highest BCUT2D eigenvalue weighted by Gasteiger charge is 2.95. The predicted molar refractivity (Wildman–Crippen MR) is 47.7 cm³/mol. The topological polar surface area (TPSA) is 52.6 Å². The predicted octanol–water partition coefficient (Wildman–Crippen LogP) is 1.29. The van der Waals surface area contributed by atoms with Gasteiger partial charge in [-0.2, -0.15) is 13.2 Å². The average Bonchev–Trinajstić information content (AvgIpc) is 2.57. The molecular formula is C10H11F3O4. The van der Waals surface area contributed by atoms with Crippen molar-refractivity contribution in [2.24, 2.45) is 16.7 Å². The van der Waals surface area contributed by atoms with Crippen molar-refractivity contribution in [3.63, 3.8) is 0 Å². The third kappa shape index (κ3) is 1.09. The SMILES string of the molecule is CCOC(=O)[C@@]12C(=O)OC[C@@H]1[C@@]2(C)C(F)(F)F. The summed E-state index contributed by atoms with van der Waals surface area (Å²) in [5, 5.41) is 0. The van der Waals surface area contributed by atoms with Crippen LogP contribution >= 0.6 is 0 Å². The second kappa shape index (κ2) is 3.14. The van der Waals surface area contributed by atoms with Gasteiger partial charge < -0.3 is 9.47 Å². The summed E-state index contributed by atoms with van der Waals surface area (Å²) in [5.74, 6) is -3.42. The summed E-state index contributed by atoms with van der Waals surface area (Å²) in [7, 11) is 0. The highest BCUT2D eigenvalue weighted by Crippen LogP contribution is 2.78. The summed E-state index contributed by atoms with van der Waals surface area (Å²) in [6, 6.07) is 0. The van der Waals surface area contributed by atoms with Crippen LogP contribution in [0.2, 0.25) is 0 Å². The van der Waals surface area contributed by atoms with Crippen LogP contribution in [0.25, 0.3) is 0 Å². The van der Waals surface area contributed by atoms with Gasteiger partial charge in [-0.05, 0) is 13.8 Å². The summed E-state index contributed by atoms with van der Waals surface area (Å²) in [4.78, 5) is 23.2. The third-order valence-corrected chi connectivity index (χ3v) is 3.84. The fourth-order valence-electron chi connectivity index (χ4n) is 2.73. The molecule has 2 aliphatic rings. The van der Waals surface area contributed by atoms with Gasteiger partial charge >= 0.3 is 18.1 Å². The van der Waals surface area contributed by atoms with E-state index < -0.39 is 34.9 Å². The average molecular weight is 252 g/mol. The van der Waals surface area contributed by atoms with E-state index >= 15 is 0 Å². The zero-order chi connectivity index (χ0) is 13.1. The molecule has 2 fully saturated rings. The van der Waals surface area contributed by atoms with Crippen molar-refractivity contribution in [3.05, 3.63) is 0 Å². The van der Waals surface area contributed by atoms with Gasteiger partial charge in [0.25, 0.3) is 0 Å². The molecule has 0 unspecified atom stereocenters. The molecule has 17 heavy (non-hydrogen) atoms. The minimum atomic E-state index is -4.64. The fourth-order valence-corrected chi connectivity index (χ4v) is 2.73. The van der Waals surface area contributed by atoms with Gasteiger partial charge in [-0.3, -0.25) is 9.59 Å². The van der Waals surface area contributed by atoms with Gasteiger partial charge in [0, 0.05) is 5.92 Å². The van der Waals surface area contributed by atoms with E-state index in [-0.39, 0.29) is 13.2 Å². The molecule has 0 bridgehead atoms. The van der Waals surface area contributed by atoms with Crippen LogP contribution in [0.3, 0.4) is 0 Å². The molecule has 0 aromatic carbocycles. The second-order valence-corrected chi connectivity index (χ2v) is 4.38. The Hall–Kier alpha value is -1.27. The summed E-state index contributed by atoms with van der Waals surface area (Å²) in [5.41, 5.74) is -4.54. The van der Waals surface area contributed by atoms with Crippen LogP contribution in [0.5, 0.6) is 0 Å². The first-order valence-electron chi connectivity index (χ1n) is 5.15. The van der Waals surface area contributed by atoms with Gasteiger partial charge in [0.05, 0.1) is 18.6 Å². The highest BCUT2D eigenvalue weighted by atomic mass is 19.4. The van der Waals surface area contributed by atoms with Gasteiger partial charge in [0.15, 0.2) is 5.41 Å². The van der Waals surface area contributed by atoms with E-state index in [1.165, 1.54) is 6.92 Å². The highest BCUT2D eigenvalue weighted by molar-refractivity contribution is 6.07. The number of alkyl halides is 3. The van der Waals surface area contributed by atoms with Crippen LogP contribution in [-0.2, 0) is 19.1 Å². The maximum Gasteiger partial charge on any atom is 0.396 e. The molecule has 0 amide bonds. The van der Waals surface area contributed by atoms with Crippen LogP contribution in [0.1, 0.15) is 13.8 Å². The Bertz CT molecular complexity index is 392. The second-order valence-electron chi connectivity index (χ2n) is 4.38. The minimum Gasteiger partial charge on any atom is -0.465 e. The first-order chi connectivity index (χ1) is 7.74. The molecule has 0 aromatic rings. The van der Waals surface area contributed by atoms with E-state index in [9.17, 15) is 22.8 Å². The zero-order valence-corrected chi connectivity index (χ0v) is 9.26. The van der Waals surface area contributed by atoms with Gasteiger partial charge in [-0.25, -0.2) is 0 Å². The number of hydrogen-bond acceptors (Lipinski definition) is 4. The number of carbonyl (C=O) groups is 2. The Labute approximate surface area is 95.1 Å². The lowest BCUT2D eigenvalue weighted by molar-refractivity contribution is -0.211. The lowest BCUT2D eigenvalue weighted by Crippen LogP contribution is -2.39. The van der Waals surface area contributed by atoms with Crippen LogP contribution in [0, 0.1) is 16.7 Å². The zero-order valence-electron chi connectivity index (χ0n) is 9.26. The Kier molecular flexibility index (Phi) is 2.25. The number of rotatable bonds is 2. The molecule has 0 N–H and O–H groups in total. The molecule has 7 heteroatoms. The number of ether oxygens (including phenoxy) is 2. The monoisotopic (exact) mass is 252 g/mol. The van der Waals surface area contributed by atoms with E-state index in [4.69, 9.17) is 0 Å². The Balaban J connectivity index is 2.42. The lowest BCUT2D eigenvalue weighted by Gasteiger charge is -2.22. The number of fused-ring (bicyclic) bond motifs is 1. The quantitative estimate of drug-likeness (QED) is 0.549. The standard InChI is InChI=1S/C10H11F3O4/c1-3-16-6(14)9-5(4-17-7(9)15)8(9,2)10(11,12)13/h5H,3-4H2,1-2H3/t5-,8-,9-/m1/s1. The lowest BCUT2D eigenvalue weighted by atomic mass is 9.93. The maximum absolute atomic E-state index is 12.9. The van der Waals surface area contributed by atoms with Gasteiger partial charge in [-0.1, -0.05) is 0 Å². The molecule has 96 valence electrons. The van der Waals surface area contributed by atoms with Crippen LogP contribution in [-0.4, -0.2) is 31.3 Å². The molecule has 2 rings (SSSR count). The van der Waals surface area contributed by atoms with Gasteiger partial charge in [0.1, 0.15) is 0 Å². The van der Waals surface area contributed by atoms with Crippen molar-refractivity contribution < 1.29 is 32.2 Å². The van der Waals surface area contributed by atoms with Crippen LogP contribution < -0.4 is 0 Å². The first-order valence-corrected chi connectivity index (χ1v) is 5.15. The number of carbonyl (C=O) groups excluding carboxylic acids is 2. The number of esters is 2.